The van der Waals surface area contributed by atoms with Crippen molar-refractivity contribution in [3.05, 3.63) is 71.2 Å². The Hall–Kier alpha value is -2.37. The summed E-state index contributed by atoms with van der Waals surface area (Å²) in [5, 5.41) is 6.75. The van der Waals surface area contributed by atoms with Crippen LogP contribution in [0.3, 0.4) is 0 Å². The molecule has 0 unspecified atom stereocenters. The van der Waals surface area contributed by atoms with Crippen LogP contribution in [0.5, 0.6) is 0 Å². The van der Waals surface area contributed by atoms with Crippen LogP contribution in [0.25, 0.3) is 16.3 Å². The Balaban J connectivity index is 2.01. The van der Waals surface area contributed by atoms with E-state index >= 15 is 0 Å². The van der Waals surface area contributed by atoms with Gasteiger partial charge in [0.1, 0.15) is 17.9 Å². The SMILES string of the molecule is C=C(Cl)COC(=O)c1cn(-c2ccccc2)nc1-c1cccs1. The summed E-state index contributed by atoms with van der Waals surface area (Å²) < 4.78 is 6.83. The van der Waals surface area contributed by atoms with Gasteiger partial charge in [-0.3, -0.25) is 0 Å². The van der Waals surface area contributed by atoms with Crippen LogP contribution in [0.2, 0.25) is 0 Å². The van der Waals surface area contributed by atoms with Crippen molar-refractivity contribution in [2.45, 2.75) is 0 Å². The van der Waals surface area contributed by atoms with Crippen LogP contribution in [0, 0.1) is 0 Å². The number of para-hydroxylation sites is 1. The number of esters is 1. The molecule has 3 aromatic rings. The molecule has 6 heteroatoms. The number of hydrogen-bond donors (Lipinski definition) is 0. The molecule has 116 valence electrons. The van der Waals surface area contributed by atoms with Crippen LogP contribution in [-0.4, -0.2) is 22.4 Å². The molecule has 2 aromatic heterocycles. The molecule has 0 N–H and O–H groups in total. The highest BCUT2D eigenvalue weighted by molar-refractivity contribution is 7.13. The Morgan fingerprint density at radius 1 is 1.26 bits per heavy atom. The van der Waals surface area contributed by atoms with Gasteiger partial charge in [-0.1, -0.05) is 42.4 Å². The van der Waals surface area contributed by atoms with Gasteiger partial charge in [0.05, 0.1) is 10.6 Å². The Kier molecular flexibility index (Phi) is 4.60. The maximum atomic E-state index is 12.3. The molecule has 3 rings (SSSR count). The second kappa shape index (κ2) is 6.81. The lowest BCUT2D eigenvalue weighted by molar-refractivity contribution is 0.0547. The predicted octanol–water partition coefficient (Wildman–Crippen LogP) is 4.51. The van der Waals surface area contributed by atoms with Gasteiger partial charge in [0.2, 0.25) is 0 Å². The molecule has 0 saturated carbocycles. The van der Waals surface area contributed by atoms with Crippen LogP contribution >= 0.6 is 22.9 Å². The van der Waals surface area contributed by atoms with E-state index in [1.54, 1.807) is 10.9 Å². The third-order valence-electron chi connectivity index (χ3n) is 3.07. The molecular weight excluding hydrogens is 332 g/mol. The summed E-state index contributed by atoms with van der Waals surface area (Å²) in [7, 11) is 0. The summed E-state index contributed by atoms with van der Waals surface area (Å²) in [5.41, 5.74) is 1.86. The lowest BCUT2D eigenvalue weighted by Gasteiger charge is -2.02. The van der Waals surface area contributed by atoms with Crippen LogP contribution in [-0.2, 0) is 4.74 Å². The number of aromatic nitrogens is 2. The molecule has 0 fully saturated rings. The first-order chi connectivity index (χ1) is 11.1. The molecule has 0 radical (unpaired) electrons. The fraction of sp³-hybridized carbons (Fsp3) is 0.0588. The van der Waals surface area contributed by atoms with Gasteiger partial charge in [-0.05, 0) is 23.6 Å². The van der Waals surface area contributed by atoms with E-state index in [0.717, 1.165) is 10.6 Å². The number of thiophene rings is 1. The van der Waals surface area contributed by atoms with Gasteiger partial charge in [0.15, 0.2) is 0 Å². The average molecular weight is 345 g/mol. The summed E-state index contributed by atoms with van der Waals surface area (Å²) in [5.74, 6) is -0.475. The standard InChI is InChI=1S/C17H13ClN2O2S/c1-12(18)11-22-17(21)14-10-20(13-6-3-2-4-7-13)19-16(14)15-8-5-9-23-15/h2-10H,1,11H2. The quantitative estimate of drug-likeness (QED) is 0.639. The zero-order valence-electron chi connectivity index (χ0n) is 12.1. The largest absolute Gasteiger partial charge is 0.456 e. The maximum absolute atomic E-state index is 12.3. The van der Waals surface area contributed by atoms with Crippen LogP contribution < -0.4 is 0 Å². The van der Waals surface area contributed by atoms with Gasteiger partial charge in [-0.15, -0.1) is 11.3 Å². The summed E-state index contributed by atoms with van der Waals surface area (Å²) in [6, 6.07) is 13.4. The fourth-order valence-electron chi connectivity index (χ4n) is 2.05. The van der Waals surface area contributed by atoms with E-state index in [0.29, 0.717) is 11.3 Å². The van der Waals surface area contributed by atoms with Crippen molar-refractivity contribution in [2.24, 2.45) is 0 Å². The minimum absolute atomic E-state index is 0.0270. The number of carbonyl (C=O) groups is 1. The Morgan fingerprint density at radius 2 is 2.04 bits per heavy atom. The Labute approximate surface area is 142 Å². The van der Waals surface area contributed by atoms with E-state index in [2.05, 4.69) is 11.7 Å². The van der Waals surface area contributed by atoms with E-state index in [4.69, 9.17) is 16.3 Å². The van der Waals surface area contributed by atoms with E-state index in [9.17, 15) is 4.79 Å². The van der Waals surface area contributed by atoms with Crippen molar-refractivity contribution in [1.29, 1.82) is 0 Å². The topological polar surface area (TPSA) is 44.1 Å². The maximum Gasteiger partial charge on any atom is 0.342 e. The van der Waals surface area contributed by atoms with E-state index in [1.165, 1.54) is 11.3 Å². The van der Waals surface area contributed by atoms with E-state index in [-0.39, 0.29) is 11.6 Å². The molecule has 0 spiro atoms. The van der Waals surface area contributed by atoms with Gasteiger partial charge in [0, 0.05) is 11.2 Å². The molecule has 0 aliphatic rings. The second-order valence-electron chi connectivity index (χ2n) is 4.74. The zero-order chi connectivity index (χ0) is 16.2. The lowest BCUT2D eigenvalue weighted by Crippen LogP contribution is -2.06. The van der Waals surface area contributed by atoms with Crippen molar-refractivity contribution >= 4 is 28.9 Å². The third kappa shape index (κ3) is 3.52. The number of benzene rings is 1. The first-order valence-electron chi connectivity index (χ1n) is 6.84. The highest BCUT2D eigenvalue weighted by Gasteiger charge is 2.20. The van der Waals surface area contributed by atoms with Crippen molar-refractivity contribution < 1.29 is 9.53 Å². The van der Waals surface area contributed by atoms with Crippen molar-refractivity contribution in [3.63, 3.8) is 0 Å². The van der Waals surface area contributed by atoms with Crippen LogP contribution in [0.15, 0.2) is 65.7 Å². The van der Waals surface area contributed by atoms with Crippen molar-refractivity contribution in [2.75, 3.05) is 6.61 Å². The number of nitrogens with zero attached hydrogens (tertiary/aromatic N) is 2. The van der Waals surface area contributed by atoms with Crippen LogP contribution in [0.4, 0.5) is 0 Å². The summed E-state index contributed by atoms with van der Waals surface area (Å²) >= 11 is 7.17. The smallest absolute Gasteiger partial charge is 0.342 e. The van der Waals surface area contributed by atoms with Gasteiger partial charge in [-0.2, -0.15) is 5.10 Å². The zero-order valence-corrected chi connectivity index (χ0v) is 13.7. The molecule has 0 aliphatic heterocycles. The minimum atomic E-state index is -0.475. The number of halogens is 1. The number of rotatable bonds is 5. The van der Waals surface area contributed by atoms with Crippen LogP contribution in [0.1, 0.15) is 10.4 Å². The van der Waals surface area contributed by atoms with E-state index < -0.39 is 5.97 Å². The van der Waals surface area contributed by atoms with Gasteiger partial charge in [-0.25, -0.2) is 9.48 Å². The summed E-state index contributed by atoms with van der Waals surface area (Å²) in [4.78, 5) is 13.2. The number of carbonyl (C=O) groups excluding carboxylic acids is 1. The lowest BCUT2D eigenvalue weighted by atomic mass is 10.2. The summed E-state index contributed by atoms with van der Waals surface area (Å²) in [6.45, 7) is 3.49. The molecule has 0 aliphatic carbocycles. The normalized spacial score (nSPS) is 10.5. The first-order valence-corrected chi connectivity index (χ1v) is 8.10. The van der Waals surface area contributed by atoms with Gasteiger partial charge < -0.3 is 4.74 Å². The van der Waals surface area contributed by atoms with Gasteiger partial charge in [0.25, 0.3) is 0 Å². The minimum Gasteiger partial charge on any atom is -0.456 e. The molecule has 4 nitrogen and oxygen atoms in total. The molecule has 0 saturated heterocycles. The average Bonchev–Trinajstić information content (AvgIpc) is 3.22. The monoisotopic (exact) mass is 344 g/mol. The third-order valence-corrected chi connectivity index (χ3v) is 4.06. The molecule has 0 bridgehead atoms. The molecule has 0 atom stereocenters. The van der Waals surface area contributed by atoms with E-state index in [1.807, 2.05) is 47.8 Å². The second-order valence-corrected chi connectivity index (χ2v) is 6.22. The molecular formula is C17H13ClN2O2S. The molecule has 2 heterocycles. The van der Waals surface area contributed by atoms with Crippen molar-refractivity contribution in [3.8, 4) is 16.3 Å². The summed E-state index contributed by atoms with van der Waals surface area (Å²) in [6.07, 6.45) is 1.67. The molecule has 0 amide bonds. The number of hydrogen-bond acceptors (Lipinski definition) is 4. The Morgan fingerprint density at radius 3 is 2.70 bits per heavy atom. The highest BCUT2D eigenvalue weighted by atomic mass is 35.5. The molecule has 1 aromatic carbocycles. The predicted molar refractivity (Wildman–Crippen MR) is 92.2 cm³/mol. The highest BCUT2D eigenvalue weighted by Crippen LogP contribution is 2.28. The molecule has 23 heavy (non-hydrogen) atoms. The first kappa shape index (κ1) is 15.5. The van der Waals surface area contributed by atoms with Crippen molar-refractivity contribution in [1.82, 2.24) is 9.78 Å². The Bertz CT molecular complexity index is 826. The number of ether oxygens (including phenoxy) is 1. The fourth-order valence-corrected chi connectivity index (χ4v) is 2.83. The van der Waals surface area contributed by atoms with Gasteiger partial charge >= 0.3 is 5.97 Å².